The van der Waals surface area contributed by atoms with E-state index in [4.69, 9.17) is 4.74 Å². The predicted octanol–water partition coefficient (Wildman–Crippen LogP) is 6.54. The lowest BCUT2D eigenvalue weighted by Gasteiger charge is -2.26. The number of ketones is 1. The first-order valence-electron chi connectivity index (χ1n) is 10.4. The van der Waals surface area contributed by atoms with Crippen LogP contribution in [0.25, 0.3) is 11.1 Å². The van der Waals surface area contributed by atoms with E-state index in [1.807, 2.05) is 61.5 Å². The Labute approximate surface area is 177 Å². The van der Waals surface area contributed by atoms with Gasteiger partial charge < -0.3 is 9.64 Å². The Morgan fingerprint density at radius 1 is 1.07 bits per heavy atom. The highest BCUT2D eigenvalue weighted by Gasteiger charge is 2.25. The minimum Gasteiger partial charge on any atom is -0.457 e. The zero-order chi connectivity index (χ0) is 21.1. The molecule has 4 heteroatoms. The molecule has 3 nitrogen and oxygen atoms in total. The molecule has 1 saturated heterocycles. The summed E-state index contributed by atoms with van der Waals surface area (Å²) >= 11 is 0. The van der Waals surface area contributed by atoms with E-state index in [1.54, 1.807) is 13.0 Å². The maximum atomic E-state index is 14.3. The topological polar surface area (TPSA) is 29.5 Å². The van der Waals surface area contributed by atoms with E-state index >= 15 is 0 Å². The second-order valence-corrected chi connectivity index (χ2v) is 8.00. The molecule has 0 spiro atoms. The molecule has 1 fully saturated rings. The molecule has 1 heterocycles. The van der Waals surface area contributed by atoms with E-state index in [0.717, 1.165) is 42.0 Å². The van der Waals surface area contributed by atoms with Crippen LogP contribution in [-0.2, 0) is 4.79 Å². The summed E-state index contributed by atoms with van der Waals surface area (Å²) < 4.78 is 20.3. The van der Waals surface area contributed by atoms with Gasteiger partial charge in [-0.25, -0.2) is 4.39 Å². The molecule has 0 saturated carbocycles. The summed E-state index contributed by atoms with van der Waals surface area (Å²) in [6, 6.07) is 20.8. The van der Waals surface area contributed by atoms with E-state index in [1.165, 1.54) is 6.07 Å². The molecule has 0 amide bonds. The molecule has 3 aromatic rings. The van der Waals surface area contributed by atoms with Gasteiger partial charge >= 0.3 is 0 Å². The lowest BCUT2D eigenvalue weighted by molar-refractivity contribution is -0.117. The molecule has 0 bridgehead atoms. The van der Waals surface area contributed by atoms with Gasteiger partial charge in [-0.3, -0.25) is 4.79 Å². The Morgan fingerprint density at radius 2 is 1.87 bits per heavy atom. The highest BCUT2D eigenvalue weighted by molar-refractivity contribution is 5.77. The number of halogens is 1. The molecular weight excluding hydrogens is 377 g/mol. The lowest BCUT2D eigenvalue weighted by Crippen LogP contribution is -2.30. The van der Waals surface area contributed by atoms with Crippen molar-refractivity contribution in [3.05, 3.63) is 78.1 Å². The highest BCUT2D eigenvalue weighted by Crippen LogP contribution is 2.32. The fourth-order valence-corrected chi connectivity index (χ4v) is 4.15. The zero-order valence-corrected chi connectivity index (χ0v) is 17.4. The number of carbonyl (C=O) groups is 1. The second kappa shape index (κ2) is 8.70. The van der Waals surface area contributed by atoms with E-state index < -0.39 is 0 Å². The van der Waals surface area contributed by atoms with Crippen LogP contribution in [0.2, 0.25) is 0 Å². The number of rotatable bonds is 6. The number of anilines is 1. The Balaban J connectivity index is 1.50. The SMILES string of the molecule is CC(=O)CC1CCCN1c1ccc(Oc2cccc(-c3cc(C)ccc3F)c2)cc1. The third kappa shape index (κ3) is 4.54. The van der Waals surface area contributed by atoms with Crippen LogP contribution >= 0.6 is 0 Å². The van der Waals surface area contributed by atoms with E-state index in [0.29, 0.717) is 17.7 Å². The number of hydrogen-bond donors (Lipinski definition) is 0. The van der Waals surface area contributed by atoms with Gasteiger partial charge in [0.15, 0.2) is 0 Å². The quantitative estimate of drug-likeness (QED) is 0.468. The van der Waals surface area contributed by atoms with Crippen molar-refractivity contribution in [2.24, 2.45) is 0 Å². The summed E-state index contributed by atoms with van der Waals surface area (Å²) in [5.41, 5.74) is 3.48. The van der Waals surface area contributed by atoms with Crippen LogP contribution in [0.3, 0.4) is 0 Å². The van der Waals surface area contributed by atoms with Crippen LogP contribution in [0, 0.1) is 12.7 Å². The minimum atomic E-state index is -0.243. The van der Waals surface area contributed by atoms with Crippen molar-refractivity contribution in [3.8, 4) is 22.6 Å². The summed E-state index contributed by atoms with van der Waals surface area (Å²) in [5, 5.41) is 0. The molecule has 1 aliphatic rings. The van der Waals surface area contributed by atoms with Gasteiger partial charge in [-0.2, -0.15) is 0 Å². The average molecular weight is 403 g/mol. The van der Waals surface area contributed by atoms with Crippen LogP contribution in [0.4, 0.5) is 10.1 Å². The number of hydrogen-bond acceptors (Lipinski definition) is 3. The number of carbonyl (C=O) groups excluding carboxylic acids is 1. The normalized spacial score (nSPS) is 16.0. The van der Waals surface area contributed by atoms with Crippen LogP contribution in [0.5, 0.6) is 11.5 Å². The molecule has 4 rings (SSSR count). The van der Waals surface area contributed by atoms with Gasteiger partial charge in [0.2, 0.25) is 0 Å². The molecule has 1 atom stereocenters. The third-order valence-corrected chi connectivity index (χ3v) is 5.57. The van der Waals surface area contributed by atoms with Crippen molar-refractivity contribution in [2.75, 3.05) is 11.4 Å². The summed E-state index contributed by atoms with van der Waals surface area (Å²) in [6.07, 6.45) is 2.76. The first-order chi connectivity index (χ1) is 14.5. The average Bonchev–Trinajstić information content (AvgIpc) is 3.18. The van der Waals surface area contributed by atoms with Crippen LogP contribution in [0.1, 0.15) is 31.7 Å². The van der Waals surface area contributed by atoms with Gasteiger partial charge in [0.1, 0.15) is 23.1 Å². The number of aryl methyl sites for hydroxylation is 1. The van der Waals surface area contributed by atoms with Gasteiger partial charge in [-0.15, -0.1) is 0 Å². The van der Waals surface area contributed by atoms with Crippen molar-refractivity contribution >= 4 is 11.5 Å². The van der Waals surface area contributed by atoms with Gasteiger partial charge in [-0.1, -0.05) is 23.8 Å². The molecule has 0 aliphatic carbocycles. The van der Waals surface area contributed by atoms with Crippen LogP contribution in [-0.4, -0.2) is 18.4 Å². The standard InChI is InChI=1S/C26H26FNO2/c1-18-8-13-26(27)25(15-18)20-5-3-7-24(17-20)30-23-11-9-21(10-12-23)28-14-4-6-22(28)16-19(2)29/h3,5,7-13,15,17,22H,4,6,14,16H2,1-2H3. The van der Waals surface area contributed by atoms with Gasteiger partial charge in [-0.05, 0) is 80.8 Å². The minimum absolute atomic E-state index is 0.233. The first kappa shape index (κ1) is 20.1. The maximum absolute atomic E-state index is 14.3. The van der Waals surface area contributed by atoms with Crippen molar-refractivity contribution in [1.82, 2.24) is 0 Å². The smallest absolute Gasteiger partial charge is 0.131 e. The molecular formula is C26H26FNO2. The van der Waals surface area contributed by atoms with Gasteiger partial charge in [0.25, 0.3) is 0 Å². The highest BCUT2D eigenvalue weighted by atomic mass is 19.1. The fourth-order valence-electron chi connectivity index (χ4n) is 4.15. The molecule has 0 radical (unpaired) electrons. The summed E-state index contributed by atoms with van der Waals surface area (Å²) in [5.74, 6) is 1.38. The third-order valence-electron chi connectivity index (χ3n) is 5.57. The van der Waals surface area contributed by atoms with Crippen LogP contribution in [0.15, 0.2) is 66.7 Å². The molecule has 30 heavy (non-hydrogen) atoms. The molecule has 0 N–H and O–H groups in total. The summed E-state index contributed by atoms with van der Waals surface area (Å²) in [4.78, 5) is 13.8. The first-order valence-corrected chi connectivity index (χ1v) is 10.4. The number of ether oxygens (including phenoxy) is 1. The maximum Gasteiger partial charge on any atom is 0.131 e. The number of benzene rings is 3. The molecule has 1 unspecified atom stereocenters. The Kier molecular flexibility index (Phi) is 5.84. The molecule has 0 aromatic heterocycles. The van der Waals surface area contributed by atoms with E-state index in [9.17, 15) is 9.18 Å². The summed E-state index contributed by atoms with van der Waals surface area (Å²) in [7, 11) is 0. The van der Waals surface area contributed by atoms with Crippen molar-refractivity contribution in [3.63, 3.8) is 0 Å². The monoisotopic (exact) mass is 403 g/mol. The van der Waals surface area contributed by atoms with Gasteiger partial charge in [0, 0.05) is 30.3 Å². The molecule has 3 aromatic carbocycles. The van der Waals surface area contributed by atoms with Crippen LogP contribution < -0.4 is 9.64 Å². The number of nitrogens with zero attached hydrogens (tertiary/aromatic N) is 1. The predicted molar refractivity (Wildman–Crippen MR) is 119 cm³/mol. The Morgan fingerprint density at radius 3 is 2.63 bits per heavy atom. The van der Waals surface area contributed by atoms with Gasteiger partial charge in [0.05, 0.1) is 0 Å². The van der Waals surface area contributed by atoms with Crippen molar-refractivity contribution in [1.29, 1.82) is 0 Å². The van der Waals surface area contributed by atoms with E-state index in [2.05, 4.69) is 4.90 Å². The molecule has 154 valence electrons. The fraction of sp³-hybridized carbons (Fsp3) is 0.269. The zero-order valence-electron chi connectivity index (χ0n) is 17.4. The van der Waals surface area contributed by atoms with Crippen molar-refractivity contribution in [2.45, 2.75) is 39.2 Å². The van der Waals surface area contributed by atoms with E-state index in [-0.39, 0.29) is 17.6 Å². The largest absolute Gasteiger partial charge is 0.457 e. The lowest BCUT2D eigenvalue weighted by atomic mass is 10.0. The summed E-state index contributed by atoms with van der Waals surface area (Å²) in [6.45, 7) is 4.58. The van der Waals surface area contributed by atoms with Crippen molar-refractivity contribution < 1.29 is 13.9 Å². The molecule has 1 aliphatic heterocycles. The Bertz CT molecular complexity index is 1050. The number of Topliss-reactive ketones (excluding diaryl/α,β-unsaturated/α-hetero) is 1. The second-order valence-electron chi connectivity index (χ2n) is 8.00. The Hall–Kier alpha value is -3.14.